The Kier molecular flexibility index (Phi) is 3.06. The summed E-state index contributed by atoms with van der Waals surface area (Å²) in [7, 11) is 6.91. The topological polar surface area (TPSA) is 29.1 Å². The van der Waals surface area contributed by atoms with E-state index in [9.17, 15) is 4.79 Å². The Morgan fingerprint density at radius 3 is 2.00 bits per heavy atom. The van der Waals surface area contributed by atoms with Gasteiger partial charge < -0.3 is 5.32 Å². The number of allylic oxidation sites excluding steroid dienone is 1. The molecule has 2 nitrogen and oxygen atoms in total. The lowest BCUT2D eigenvalue weighted by atomic mass is 9.92. The Morgan fingerprint density at radius 1 is 1.44 bits per heavy atom. The van der Waals surface area contributed by atoms with E-state index in [-0.39, 0.29) is 5.91 Å². The second-order valence-electron chi connectivity index (χ2n) is 1.89. The van der Waals surface area contributed by atoms with Crippen molar-refractivity contribution in [2.75, 3.05) is 7.05 Å². The molecule has 1 N–H and O–H groups in total. The second kappa shape index (κ2) is 3.33. The normalized spacial score (nSPS) is 12.3. The molecule has 0 aromatic heterocycles. The molecule has 9 heavy (non-hydrogen) atoms. The van der Waals surface area contributed by atoms with Gasteiger partial charge in [-0.3, -0.25) is 4.79 Å². The molecule has 0 aromatic carbocycles. The lowest BCUT2D eigenvalue weighted by Gasteiger charge is -2.00. The summed E-state index contributed by atoms with van der Waals surface area (Å²) in [4.78, 5) is 10.7. The van der Waals surface area contributed by atoms with E-state index < -0.39 is 0 Å². The number of nitrogens with one attached hydrogen (secondary N) is 1. The average Bonchev–Trinajstić information content (AvgIpc) is 1.84. The third-order valence-electron chi connectivity index (χ3n) is 1.16. The summed E-state index contributed by atoms with van der Waals surface area (Å²) >= 11 is 0. The van der Waals surface area contributed by atoms with Gasteiger partial charge in [-0.1, -0.05) is 6.92 Å². The van der Waals surface area contributed by atoms with Crippen LogP contribution in [0.4, 0.5) is 0 Å². The predicted molar refractivity (Wildman–Crippen MR) is 38.2 cm³/mol. The van der Waals surface area contributed by atoms with Crippen molar-refractivity contribution in [1.82, 2.24) is 5.32 Å². The third kappa shape index (κ3) is 2.35. The molecule has 0 fully saturated rings. The molecule has 0 saturated heterocycles. The number of hydrogen-bond acceptors (Lipinski definition) is 1. The van der Waals surface area contributed by atoms with Crippen LogP contribution in [0.1, 0.15) is 13.8 Å². The van der Waals surface area contributed by atoms with Crippen molar-refractivity contribution in [3.8, 4) is 0 Å². The van der Waals surface area contributed by atoms with E-state index in [1.54, 1.807) is 20.9 Å². The number of carbonyl (C=O) groups excluding carboxylic acids is 1. The van der Waals surface area contributed by atoms with E-state index in [2.05, 4.69) is 5.32 Å². The van der Waals surface area contributed by atoms with E-state index in [1.807, 2.05) is 0 Å². The number of likely N-dealkylation sites (N-methyl/N-ethyl adjacent to an activating group) is 1. The van der Waals surface area contributed by atoms with Crippen molar-refractivity contribution >= 4 is 13.8 Å². The van der Waals surface area contributed by atoms with Gasteiger partial charge in [0.05, 0.1) is 0 Å². The minimum atomic E-state index is -0.116. The van der Waals surface area contributed by atoms with E-state index >= 15 is 0 Å². The van der Waals surface area contributed by atoms with Crippen molar-refractivity contribution in [2.24, 2.45) is 0 Å². The van der Waals surface area contributed by atoms with Gasteiger partial charge in [-0.25, -0.2) is 0 Å². The van der Waals surface area contributed by atoms with E-state index in [4.69, 9.17) is 7.85 Å². The second-order valence-corrected chi connectivity index (χ2v) is 1.89. The molecule has 0 rings (SSSR count). The van der Waals surface area contributed by atoms with E-state index in [0.29, 0.717) is 11.0 Å². The lowest BCUT2D eigenvalue weighted by Crippen LogP contribution is -2.19. The molecule has 0 aromatic rings. The molecule has 0 spiro atoms. The van der Waals surface area contributed by atoms with Gasteiger partial charge in [-0.15, -0.1) is 5.47 Å². The standard InChI is InChI=1S/C6H10BNO/c1-4(5(2)7)6(9)8-3/h1-3H3,(H,8,9)/b5-4-. The summed E-state index contributed by atoms with van der Waals surface area (Å²) in [6, 6.07) is 0. The predicted octanol–water partition coefficient (Wildman–Crippen LogP) is 0.195. The number of amides is 1. The fraction of sp³-hybridized carbons (Fsp3) is 0.500. The van der Waals surface area contributed by atoms with Gasteiger partial charge in [0.25, 0.3) is 0 Å². The summed E-state index contributed by atoms with van der Waals surface area (Å²) in [6.45, 7) is 3.39. The molecule has 0 unspecified atom stereocenters. The summed E-state index contributed by atoms with van der Waals surface area (Å²) in [5.74, 6) is -0.116. The Bertz CT molecular complexity index is 147. The van der Waals surface area contributed by atoms with Gasteiger partial charge in [0.1, 0.15) is 7.85 Å². The van der Waals surface area contributed by atoms with Gasteiger partial charge in [0, 0.05) is 12.6 Å². The molecule has 0 heterocycles. The minimum absolute atomic E-state index is 0.116. The van der Waals surface area contributed by atoms with Crippen molar-refractivity contribution < 1.29 is 4.79 Å². The van der Waals surface area contributed by atoms with Gasteiger partial charge in [0.15, 0.2) is 0 Å². The van der Waals surface area contributed by atoms with Crippen LogP contribution in [0.3, 0.4) is 0 Å². The molecule has 0 aliphatic carbocycles. The van der Waals surface area contributed by atoms with E-state index in [1.165, 1.54) is 0 Å². The molecule has 0 bridgehead atoms. The van der Waals surface area contributed by atoms with Crippen molar-refractivity contribution in [3.05, 3.63) is 11.0 Å². The monoisotopic (exact) mass is 123 g/mol. The molecule has 3 heteroatoms. The smallest absolute Gasteiger partial charge is 0.245 e. The van der Waals surface area contributed by atoms with Crippen LogP contribution in [0.15, 0.2) is 11.0 Å². The molecule has 0 atom stereocenters. The molecule has 48 valence electrons. The molecule has 0 saturated carbocycles. The molecule has 1 amide bonds. The maximum atomic E-state index is 10.7. The van der Waals surface area contributed by atoms with Crippen molar-refractivity contribution in [2.45, 2.75) is 13.8 Å². The molecule has 2 radical (unpaired) electrons. The van der Waals surface area contributed by atoms with Gasteiger partial charge in [0.2, 0.25) is 5.91 Å². The highest BCUT2D eigenvalue weighted by Gasteiger charge is 1.99. The van der Waals surface area contributed by atoms with Crippen molar-refractivity contribution in [1.29, 1.82) is 0 Å². The first-order chi connectivity index (χ1) is 4.09. The average molecular weight is 123 g/mol. The summed E-state index contributed by atoms with van der Waals surface area (Å²) < 4.78 is 0. The largest absolute Gasteiger partial charge is 0.355 e. The SMILES string of the molecule is [B]/C(C)=C(/C)C(=O)NC. The van der Waals surface area contributed by atoms with Crippen LogP contribution in [0.2, 0.25) is 0 Å². The zero-order valence-electron chi connectivity index (χ0n) is 5.99. The maximum absolute atomic E-state index is 10.7. The van der Waals surface area contributed by atoms with E-state index in [0.717, 1.165) is 0 Å². The lowest BCUT2D eigenvalue weighted by molar-refractivity contribution is -0.117. The Labute approximate surface area is 56.7 Å². The van der Waals surface area contributed by atoms with Crippen LogP contribution in [-0.4, -0.2) is 20.8 Å². The summed E-state index contributed by atoms with van der Waals surface area (Å²) in [5.41, 5.74) is 1.15. The van der Waals surface area contributed by atoms with Gasteiger partial charge >= 0.3 is 0 Å². The summed E-state index contributed by atoms with van der Waals surface area (Å²) in [6.07, 6.45) is 0. The minimum Gasteiger partial charge on any atom is -0.355 e. The number of carbonyl (C=O) groups is 1. The number of rotatable bonds is 1. The zero-order chi connectivity index (χ0) is 7.44. The highest BCUT2D eigenvalue weighted by atomic mass is 16.1. The van der Waals surface area contributed by atoms with Crippen LogP contribution in [0.25, 0.3) is 0 Å². The zero-order valence-corrected chi connectivity index (χ0v) is 5.99. The van der Waals surface area contributed by atoms with Crippen LogP contribution < -0.4 is 5.32 Å². The molecular weight excluding hydrogens is 113 g/mol. The highest BCUT2D eigenvalue weighted by molar-refractivity contribution is 6.24. The summed E-state index contributed by atoms with van der Waals surface area (Å²) in [5, 5.41) is 2.47. The Hall–Kier alpha value is -0.725. The van der Waals surface area contributed by atoms with Gasteiger partial charge in [-0.2, -0.15) is 0 Å². The molecule has 0 aliphatic heterocycles. The molecule has 0 aliphatic rings. The Morgan fingerprint density at radius 2 is 1.89 bits per heavy atom. The van der Waals surface area contributed by atoms with Gasteiger partial charge in [-0.05, 0) is 6.92 Å². The maximum Gasteiger partial charge on any atom is 0.245 e. The van der Waals surface area contributed by atoms with Crippen molar-refractivity contribution in [3.63, 3.8) is 0 Å². The first kappa shape index (κ1) is 8.27. The quantitative estimate of drug-likeness (QED) is 0.391. The van der Waals surface area contributed by atoms with Crippen LogP contribution >= 0.6 is 0 Å². The number of hydrogen-bond donors (Lipinski definition) is 1. The first-order valence-electron chi connectivity index (χ1n) is 2.74. The Balaban J connectivity index is 4.21. The first-order valence-corrected chi connectivity index (χ1v) is 2.74. The van der Waals surface area contributed by atoms with Crippen LogP contribution in [0, 0.1) is 0 Å². The van der Waals surface area contributed by atoms with Crippen LogP contribution in [0.5, 0.6) is 0 Å². The third-order valence-corrected chi connectivity index (χ3v) is 1.16. The fourth-order valence-corrected chi connectivity index (χ4v) is 0.367. The van der Waals surface area contributed by atoms with Crippen LogP contribution in [-0.2, 0) is 4.79 Å². The fourth-order valence-electron chi connectivity index (χ4n) is 0.367. The molecular formula is C6H10BNO. The highest BCUT2D eigenvalue weighted by Crippen LogP contribution is 1.96.